The van der Waals surface area contributed by atoms with E-state index < -0.39 is 5.97 Å². The van der Waals surface area contributed by atoms with E-state index in [-0.39, 0.29) is 5.69 Å². The minimum absolute atomic E-state index is 0.0732. The van der Waals surface area contributed by atoms with E-state index in [4.69, 9.17) is 10.8 Å². The number of nitrogen functional groups attached to an aromatic ring is 1. The van der Waals surface area contributed by atoms with E-state index in [1.165, 1.54) is 0 Å². The largest absolute Gasteiger partial charge is 0.476 e. The number of nitrogens with two attached hydrogens (primary N) is 1. The van der Waals surface area contributed by atoms with E-state index in [9.17, 15) is 4.79 Å². The van der Waals surface area contributed by atoms with Crippen molar-refractivity contribution in [3.63, 3.8) is 0 Å². The molecule has 0 fully saturated rings. The summed E-state index contributed by atoms with van der Waals surface area (Å²) in [6.07, 6.45) is 3.63. The van der Waals surface area contributed by atoms with Crippen LogP contribution in [0.25, 0.3) is 5.52 Å². The van der Waals surface area contributed by atoms with E-state index in [0.29, 0.717) is 22.8 Å². The highest BCUT2D eigenvalue weighted by atomic mass is 32.2. The fourth-order valence-electron chi connectivity index (χ4n) is 1.55. The quantitative estimate of drug-likeness (QED) is 0.845. The molecule has 0 aromatic carbocycles. The lowest BCUT2D eigenvalue weighted by Gasteiger charge is -2.00. The summed E-state index contributed by atoms with van der Waals surface area (Å²) in [5, 5.41) is 9.02. The van der Waals surface area contributed by atoms with Crippen molar-refractivity contribution < 1.29 is 9.90 Å². The average Bonchev–Trinajstić information content (AvgIpc) is 2.58. The number of hydrogen-bond donors (Lipinski definition) is 2. The van der Waals surface area contributed by atoms with Gasteiger partial charge < -0.3 is 15.2 Å². The summed E-state index contributed by atoms with van der Waals surface area (Å²) in [5.41, 5.74) is 6.91. The molecule has 0 radical (unpaired) electrons. The predicted molar refractivity (Wildman–Crippen MR) is 63.8 cm³/mol. The molecule has 84 valence electrons. The van der Waals surface area contributed by atoms with Crippen molar-refractivity contribution in [3.8, 4) is 0 Å². The maximum Gasteiger partial charge on any atom is 0.356 e. The van der Waals surface area contributed by atoms with E-state index in [1.807, 2.05) is 6.26 Å². The summed E-state index contributed by atoms with van der Waals surface area (Å²) in [5.74, 6) is 0.333. The molecule has 0 aliphatic heterocycles. The number of carbonyl (C=O) groups is 1. The van der Waals surface area contributed by atoms with Crippen molar-refractivity contribution in [1.29, 1.82) is 0 Å². The minimum atomic E-state index is -1.02. The zero-order chi connectivity index (χ0) is 11.7. The zero-order valence-corrected chi connectivity index (χ0v) is 9.49. The Hall–Kier alpha value is -1.69. The van der Waals surface area contributed by atoms with Crippen LogP contribution in [0, 0.1) is 0 Å². The van der Waals surface area contributed by atoms with Crippen molar-refractivity contribution >= 4 is 28.9 Å². The maximum atomic E-state index is 11.0. The molecule has 2 rings (SSSR count). The van der Waals surface area contributed by atoms with Gasteiger partial charge in [-0.25, -0.2) is 9.78 Å². The molecular weight excluding hydrogens is 226 g/mol. The fourth-order valence-corrected chi connectivity index (χ4v) is 2.01. The fraction of sp³-hybridized carbons (Fsp3) is 0.200. The summed E-state index contributed by atoms with van der Waals surface area (Å²) in [6, 6.07) is 3.35. The van der Waals surface area contributed by atoms with Crippen LogP contribution in [-0.4, -0.2) is 26.7 Å². The monoisotopic (exact) mass is 237 g/mol. The maximum absolute atomic E-state index is 11.0. The highest BCUT2D eigenvalue weighted by molar-refractivity contribution is 7.97. The van der Waals surface area contributed by atoms with Crippen LogP contribution in [-0.2, 0) is 5.75 Å². The number of fused-ring (bicyclic) bond motifs is 1. The van der Waals surface area contributed by atoms with Crippen LogP contribution < -0.4 is 5.73 Å². The topological polar surface area (TPSA) is 80.6 Å². The normalized spacial score (nSPS) is 10.8. The summed E-state index contributed by atoms with van der Waals surface area (Å²) in [7, 11) is 0. The third kappa shape index (κ3) is 1.71. The van der Waals surface area contributed by atoms with Crippen LogP contribution >= 0.6 is 11.8 Å². The molecule has 0 aliphatic carbocycles. The van der Waals surface area contributed by atoms with Gasteiger partial charge in [-0.15, -0.1) is 0 Å². The molecular formula is C10H11N3O2S. The molecule has 0 unspecified atom stereocenters. The molecule has 6 heteroatoms. The van der Waals surface area contributed by atoms with Gasteiger partial charge in [-0.1, -0.05) is 0 Å². The first kappa shape index (κ1) is 10.8. The molecule has 0 spiro atoms. The minimum Gasteiger partial charge on any atom is -0.476 e. The highest BCUT2D eigenvalue weighted by Gasteiger charge is 2.15. The standard InChI is InChI=1S/C10H11N3O2S/c1-16-5-8-12-9(10(14)15)7-3-2-6(11)4-13(7)8/h2-4H,5,11H2,1H3,(H,14,15). The lowest BCUT2D eigenvalue weighted by Crippen LogP contribution is -1.97. The second-order valence-corrected chi connectivity index (χ2v) is 4.20. The Kier molecular flexibility index (Phi) is 2.74. The molecule has 0 aliphatic rings. The number of carboxylic acid groups (broad SMARTS) is 1. The van der Waals surface area contributed by atoms with Gasteiger partial charge in [-0.05, 0) is 18.4 Å². The first-order chi connectivity index (χ1) is 7.63. The summed E-state index contributed by atoms with van der Waals surface area (Å²) >= 11 is 1.58. The average molecular weight is 237 g/mol. The van der Waals surface area contributed by atoms with Crippen LogP contribution in [0.2, 0.25) is 0 Å². The Bertz CT molecular complexity index is 550. The third-order valence-electron chi connectivity index (χ3n) is 2.21. The number of aromatic carboxylic acids is 1. The Morgan fingerprint density at radius 3 is 3.00 bits per heavy atom. The SMILES string of the molecule is CSCc1nc(C(=O)O)c2ccc(N)cn12. The Labute approximate surface area is 96.3 Å². The Balaban J connectivity index is 2.71. The van der Waals surface area contributed by atoms with Crippen molar-refractivity contribution in [2.24, 2.45) is 0 Å². The molecule has 0 amide bonds. The smallest absolute Gasteiger partial charge is 0.356 e. The molecule has 0 saturated carbocycles. The number of anilines is 1. The van der Waals surface area contributed by atoms with E-state index in [0.717, 1.165) is 0 Å². The molecule has 3 N–H and O–H groups in total. The van der Waals surface area contributed by atoms with Crippen LogP contribution in [0.15, 0.2) is 18.3 Å². The number of hydrogen-bond acceptors (Lipinski definition) is 4. The van der Waals surface area contributed by atoms with Crippen LogP contribution in [0.5, 0.6) is 0 Å². The Morgan fingerprint density at radius 1 is 1.62 bits per heavy atom. The van der Waals surface area contributed by atoms with Gasteiger partial charge in [0.15, 0.2) is 5.69 Å². The van der Waals surface area contributed by atoms with E-state index in [2.05, 4.69) is 4.98 Å². The second kappa shape index (κ2) is 4.05. The van der Waals surface area contributed by atoms with Crippen molar-refractivity contribution in [3.05, 3.63) is 29.8 Å². The van der Waals surface area contributed by atoms with E-state index >= 15 is 0 Å². The van der Waals surface area contributed by atoms with Gasteiger partial charge >= 0.3 is 5.97 Å². The van der Waals surface area contributed by atoms with Crippen LogP contribution in [0.3, 0.4) is 0 Å². The first-order valence-electron chi connectivity index (χ1n) is 4.62. The van der Waals surface area contributed by atoms with Crippen LogP contribution in [0.1, 0.15) is 16.3 Å². The third-order valence-corrected chi connectivity index (χ3v) is 2.76. The molecule has 0 atom stereocenters. The molecule has 5 nitrogen and oxygen atoms in total. The van der Waals surface area contributed by atoms with Crippen molar-refractivity contribution in [1.82, 2.24) is 9.38 Å². The lowest BCUT2D eigenvalue weighted by molar-refractivity contribution is 0.0693. The molecule has 2 heterocycles. The predicted octanol–water partition coefficient (Wildman–Crippen LogP) is 1.48. The van der Waals surface area contributed by atoms with Gasteiger partial charge in [-0.3, -0.25) is 0 Å². The summed E-state index contributed by atoms with van der Waals surface area (Å²) in [6.45, 7) is 0. The highest BCUT2D eigenvalue weighted by Crippen LogP contribution is 2.18. The molecule has 0 saturated heterocycles. The van der Waals surface area contributed by atoms with Gasteiger partial charge in [-0.2, -0.15) is 11.8 Å². The second-order valence-electron chi connectivity index (χ2n) is 3.33. The number of nitrogens with zero attached hydrogens (tertiary/aromatic N) is 2. The molecule has 16 heavy (non-hydrogen) atoms. The summed E-state index contributed by atoms with van der Waals surface area (Å²) in [4.78, 5) is 15.1. The van der Waals surface area contributed by atoms with Crippen molar-refractivity contribution in [2.45, 2.75) is 5.75 Å². The number of imidazole rings is 1. The Morgan fingerprint density at radius 2 is 2.38 bits per heavy atom. The van der Waals surface area contributed by atoms with Gasteiger partial charge in [0.05, 0.1) is 11.3 Å². The molecule has 2 aromatic heterocycles. The lowest BCUT2D eigenvalue weighted by atomic mass is 10.3. The zero-order valence-electron chi connectivity index (χ0n) is 8.67. The number of rotatable bonds is 3. The number of pyridine rings is 1. The number of aromatic nitrogens is 2. The van der Waals surface area contributed by atoms with Gasteiger partial charge in [0, 0.05) is 11.9 Å². The number of carboxylic acids is 1. The van der Waals surface area contributed by atoms with Crippen molar-refractivity contribution in [2.75, 3.05) is 12.0 Å². The first-order valence-corrected chi connectivity index (χ1v) is 6.01. The molecule has 2 aromatic rings. The number of thioether (sulfide) groups is 1. The van der Waals surface area contributed by atoms with Gasteiger partial charge in [0.2, 0.25) is 0 Å². The van der Waals surface area contributed by atoms with E-state index in [1.54, 1.807) is 34.5 Å². The van der Waals surface area contributed by atoms with Crippen LogP contribution in [0.4, 0.5) is 5.69 Å². The van der Waals surface area contributed by atoms with Gasteiger partial charge in [0.1, 0.15) is 5.82 Å². The van der Waals surface area contributed by atoms with Gasteiger partial charge in [0.25, 0.3) is 0 Å². The summed E-state index contributed by atoms with van der Waals surface area (Å²) < 4.78 is 1.73. The molecule has 0 bridgehead atoms.